The minimum absolute atomic E-state index is 0.0392. The van der Waals surface area contributed by atoms with Crippen LogP contribution in [0.25, 0.3) is 11.0 Å². The van der Waals surface area contributed by atoms with E-state index in [4.69, 9.17) is 18.0 Å². The number of aromatic nitrogens is 2. The van der Waals surface area contributed by atoms with Gasteiger partial charge < -0.3 is 15.2 Å². The fourth-order valence-corrected chi connectivity index (χ4v) is 3.67. The Bertz CT molecular complexity index is 1520. The van der Waals surface area contributed by atoms with Gasteiger partial charge in [-0.15, -0.1) is 6.42 Å². The maximum atomic E-state index is 14.1. The van der Waals surface area contributed by atoms with E-state index in [0.29, 0.717) is 11.3 Å². The second-order valence-corrected chi connectivity index (χ2v) is 7.87. The summed E-state index contributed by atoms with van der Waals surface area (Å²) in [5, 5.41) is 4.77. The molecule has 0 aliphatic rings. The van der Waals surface area contributed by atoms with Crippen molar-refractivity contribution in [1.29, 1.82) is 0 Å². The predicted octanol–water partition coefficient (Wildman–Crippen LogP) is 3.93. The summed E-state index contributed by atoms with van der Waals surface area (Å²) in [5.74, 6) is 0.133. The Balaban J connectivity index is 1.75. The number of nitrogens with one attached hydrogen (secondary N) is 2. The molecule has 2 aromatic carbocycles. The lowest BCUT2D eigenvalue weighted by molar-refractivity contribution is -0.118. The third kappa shape index (κ3) is 5.05. The normalized spacial score (nSPS) is 11.5. The van der Waals surface area contributed by atoms with Gasteiger partial charge in [0.25, 0.3) is 11.8 Å². The topological polar surface area (TPSA) is 93.1 Å². The number of nitrogens with zero attached hydrogens (tertiary/aromatic N) is 2. The van der Waals surface area contributed by atoms with Crippen LogP contribution in [0, 0.1) is 18.2 Å². The molecule has 2 N–H and O–H groups in total. The van der Waals surface area contributed by atoms with Gasteiger partial charge in [0.1, 0.15) is 17.3 Å². The number of hydrogen-bond acceptors (Lipinski definition) is 4. The highest BCUT2D eigenvalue weighted by molar-refractivity contribution is 6.29. The summed E-state index contributed by atoms with van der Waals surface area (Å²) in [6.07, 6.45) is 6.64. The van der Waals surface area contributed by atoms with Crippen molar-refractivity contribution < 1.29 is 14.0 Å². The molecular formula is C26H18ClFN4O3. The lowest BCUT2D eigenvalue weighted by Gasteiger charge is -2.19. The van der Waals surface area contributed by atoms with Crippen molar-refractivity contribution in [1.82, 2.24) is 14.9 Å². The molecular weight excluding hydrogens is 471 g/mol. The molecule has 4 aromatic rings. The number of amides is 2. The van der Waals surface area contributed by atoms with E-state index >= 15 is 0 Å². The van der Waals surface area contributed by atoms with Crippen LogP contribution in [-0.2, 0) is 11.3 Å². The van der Waals surface area contributed by atoms with Gasteiger partial charge in [-0.3, -0.25) is 14.4 Å². The lowest BCUT2D eigenvalue weighted by atomic mass is 10.0. The molecule has 0 bridgehead atoms. The minimum atomic E-state index is -1.12. The number of fused-ring (bicyclic) bond motifs is 1. The first-order chi connectivity index (χ1) is 16.9. The molecule has 0 spiro atoms. The molecule has 0 radical (unpaired) electrons. The van der Waals surface area contributed by atoms with Gasteiger partial charge >= 0.3 is 0 Å². The smallest absolute Gasteiger partial charge is 0.257 e. The number of pyridine rings is 2. The van der Waals surface area contributed by atoms with Crippen LogP contribution in [0.2, 0.25) is 5.15 Å². The van der Waals surface area contributed by atoms with Gasteiger partial charge in [-0.1, -0.05) is 66.1 Å². The molecule has 2 heterocycles. The molecule has 174 valence electrons. The number of carbonyl (C=O) groups excluding carboxylic acids is 2. The summed E-state index contributed by atoms with van der Waals surface area (Å²) in [7, 11) is 0. The quantitative estimate of drug-likeness (QED) is 0.318. The number of rotatable bonds is 6. The molecule has 4 rings (SSSR count). The van der Waals surface area contributed by atoms with Crippen LogP contribution in [-0.4, -0.2) is 21.4 Å². The zero-order valence-corrected chi connectivity index (χ0v) is 18.9. The van der Waals surface area contributed by atoms with Gasteiger partial charge in [-0.05, 0) is 23.8 Å². The first-order valence-electron chi connectivity index (χ1n) is 10.4. The maximum absolute atomic E-state index is 14.1. The Morgan fingerprint density at radius 1 is 1.11 bits per heavy atom. The SMILES string of the molecule is C#CCn1cc(C(=O)NC(C(=O)Nc2ccccc2)c2ccccc2)c(=O)c2cc(F)c(Cl)nc21. The van der Waals surface area contributed by atoms with E-state index in [-0.39, 0.29) is 23.1 Å². The number of para-hydroxylation sites is 1. The van der Waals surface area contributed by atoms with Crippen LogP contribution in [0.1, 0.15) is 22.0 Å². The number of benzene rings is 2. The summed E-state index contributed by atoms with van der Waals surface area (Å²) >= 11 is 5.78. The number of terminal acetylenes is 1. The fourth-order valence-electron chi connectivity index (χ4n) is 3.54. The van der Waals surface area contributed by atoms with Crippen molar-refractivity contribution in [3.63, 3.8) is 0 Å². The first kappa shape index (κ1) is 23.7. The van der Waals surface area contributed by atoms with Crippen molar-refractivity contribution >= 4 is 40.1 Å². The number of anilines is 1. The molecule has 0 fully saturated rings. The van der Waals surface area contributed by atoms with E-state index in [1.807, 2.05) is 0 Å². The molecule has 0 aliphatic heterocycles. The zero-order chi connectivity index (χ0) is 24.9. The Morgan fingerprint density at radius 2 is 1.77 bits per heavy atom. The molecule has 0 saturated carbocycles. The Hall–Kier alpha value is -4.48. The van der Waals surface area contributed by atoms with Gasteiger partial charge in [-0.2, -0.15) is 0 Å². The summed E-state index contributed by atoms with van der Waals surface area (Å²) in [6.45, 7) is -0.0529. The van der Waals surface area contributed by atoms with Crippen molar-refractivity contribution in [2.24, 2.45) is 0 Å². The Kier molecular flexibility index (Phi) is 6.90. The third-order valence-electron chi connectivity index (χ3n) is 5.18. The van der Waals surface area contributed by atoms with Crippen molar-refractivity contribution in [2.45, 2.75) is 12.6 Å². The van der Waals surface area contributed by atoms with E-state index < -0.39 is 34.3 Å². The fraction of sp³-hybridized carbons (Fsp3) is 0.0769. The third-order valence-corrected chi connectivity index (χ3v) is 5.44. The molecule has 2 aromatic heterocycles. The van der Waals surface area contributed by atoms with Gasteiger partial charge in [0, 0.05) is 11.9 Å². The van der Waals surface area contributed by atoms with Gasteiger partial charge in [-0.25, -0.2) is 9.37 Å². The van der Waals surface area contributed by atoms with Crippen LogP contribution in [0.3, 0.4) is 0 Å². The standard InChI is InChI=1S/C26H18ClFN4O3/c1-2-13-32-15-19(22(33)18-14-20(28)23(27)31-24(18)32)25(34)30-21(16-9-5-3-6-10-16)26(35)29-17-11-7-4-8-12-17/h1,3-12,14-15,21H,13H2,(H,29,35)(H,30,34). The Labute approximate surface area is 204 Å². The van der Waals surface area contributed by atoms with Crippen LogP contribution in [0.15, 0.2) is 77.7 Å². The maximum Gasteiger partial charge on any atom is 0.257 e. The molecule has 35 heavy (non-hydrogen) atoms. The molecule has 1 atom stereocenters. The number of halogens is 2. The number of hydrogen-bond donors (Lipinski definition) is 2. The Morgan fingerprint density at radius 3 is 2.43 bits per heavy atom. The van der Waals surface area contributed by atoms with Gasteiger partial charge in [0.05, 0.1) is 11.9 Å². The van der Waals surface area contributed by atoms with E-state index in [9.17, 15) is 18.8 Å². The van der Waals surface area contributed by atoms with Gasteiger partial charge in [0.2, 0.25) is 5.43 Å². The van der Waals surface area contributed by atoms with E-state index in [1.165, 1.54) is 10.8 Å². The highest BCUT2D eigenvalue weighted by atomic mass is 35.5. The second kappa shape index (κ2) is 10.2. The van der Waals surface area contributed by atoms with Crippen LogP contribution >= 0.6 is 11.6 Å². The summed E-state index contributed by atoms with van der Waals surface area (Å²) in [6, 6.07) is 17.1. The van der Waals surface area contributed by atoms with Gasteiger partial charge in [0.15, 0.2) is 11.0 Å². The molecule has 2 amide bonds. The minimum Gasteiger partial charge on any atom is -0.336 e. The average Bonchev–Trinajstić information content (AvgIpc) is 2.86. The van der Waals surface area contributed by atoms with E-state index in [2.05, 4.69) is 21.5 Å². The average molecular weight is 489 g/mol. The van der Waals surface area contributed by atoms with E-state index in [1.54, 1.807) is 60.7 Å². The summed E-state index contributed by atoms with van der Waals surface area (Å²) < 4.78 is 15.4. The lowest BCUT2D eigenvalue weighted by Crippen LogP contribution is -2.39. The van der Waals surface area contributed by atoms with Crippen LogP contribution in [0.5, 0.6) is 0 Å². The molecule has 7 nitrogen and oxygen atoms in total. The highest BCUT2D eigenvalue weighted by Crippen LogP contribution is 2.20. The summed E-state index contributed by atoms with van der Waals surface area (Å²) in [4.78, 5) is 43.4. The largest absolute Gasteiger partial charge is 0.336 e. The zero-order valence-electron chi connectivity index (χ0n) is 18.2. The number of carbonyl (C=O) groups is 2. The van der Waals surface area contributed by atoms with E-state index in [0.717, 1.165) is 6.07 Å². The van der Waals surface area contributed by atoms with Crippen LogP contribution in [0.4, 0.5) is 10.1 Å². The molecule has 0 aliphatic carbocycles. The molecule has 9 heteroatoms. The van der Waals surface area contributed by atoms with Crippen LogP contribution < -0.4 is 16.1 Å². The van der Waals surface area contributed by atoms with Crippen molar-refractivity contribution in [2.75, 3.05) is 5.32 Å². The first-order valence-corrected chi connectivity index (χ1v) is 10.8. The predicted molar refractivity (Wildman–Crippen MR) is 132 cm³/mol. The second-order valence-electron chi connectivity index (χ2n) is 7.51. The monoisotopic (exact) mass is 488 g/mol. The van der Waals surface area contributed by atoms with Crippen molar-refractivity contribution in [3.8, 4) is 12.3 Å². The van der Waals surface area contributed by atoms with Crippen molar-refractivity contribution in [3.05, 3.63) is 105 Å². The molecule has 0 saturated heterocycles. The summed E-state index contributed by atoms with van der Waals surface area (Å²) in [5.41, 5.74) is -0.0298. The molecule has 1 unspecified atom stereocenters. The highest BCUT2D eigenvalue weighted by Gasteiger charge is 2.26.